The lowest BCUT2D eigenvalue weighted by molar-refractivity contribution is -0.171. The first-order valence-corrected chi connectivity index (χ1v) is 8.31. The summed E-state index contributed by atoms with van der Waals surface area (Å²) in [6.45, 7) is 13.5. The van der Waals surface area contributed by atoms with Gasteiger partial charge in [0, 0.05) is 0 Å². The van der Waals surface area contributed by atoms with Gasteiger partial charge in [0.05, 0.1) is 11.7 Å². The first-order valence-electron chi connectivity index (χ1n) is 8.31. The Hall–Kier alpha value is -0.340. The lowest BCUT2D eigenvalue weighted by atomic mass is 9.77. The van der Waals surface area contributed by atoms with Crippen LogP contribution in [0.2, 0.25) is 0 Å². The van der Waals surface area contributed by atoms with Gasteiger partial charge in [0.2, 0.25) is 0 Å². The molecular formula is C18H30O2. The van der Waals surface area contributed by atoms with Crippen molar-refractivity contribution >= 4 is 0 Å². The molecule has 0 aromatic heterocycles. The van der Waals surface area contributed by atoms with Crippen molar-refractivity contribution < 1.29 is 9.47 Å². The summed E-state index contributed by atoms with van der Waals surface area (Å²) < 4.78 is 12.8. The number of rotatable bonds is 1. The quantitative estimate of drug-likeness (QED) is 0.655. The van der Waals surface area contributed by atoms with E-state index in [0.29, 0.717) is 17.8 Å². The third-order valence-corrected chi connectivity index (χ3v) is 5.89. The van der Waals surface area contributed by atoms with Crippen LogP contribution in [0.5, 0.6) is 0 Å². The summed E-state index contributed by atoms with van der Waals surface area (Å²) in [5.41, 5.74) is 1.45. The Morgan fingerprint density at radius 1 is 1.20 bits per heavy atom. The van der Waals surface area contributed by atoms with Crippen molar-refractivity contribution in [2.45, 2.75) is 78.3 Å². The monoisotopic (exact) mass is 278 g/mol. The molecule has 2 aliphatic carbocycles. The predicted molar refractivity (Wildman–Crippen MR) is 81.4 cm³/mol. The summed E-state index contributed by atoms with van der Waals surface area (Å²) in [6, 6.07) is 0. The molecule has 2 heteroatoms. The van der Waals surface area contributed by atoms with E-state index in [1.165, 1.54) is 12.8 Å². The van der Waals surface area contributed by atoms with Crippen molar-refractivity contribution in [1.29, 1.82) is 0 Å². The largest absolute Gasteiger partial charge is 0.344 e. The van der Waals surface area contributed by atoms with Gasteiger partial charge in [-0.15, -0.1) is 0 Å². The van der Waals surface area contributed by atoms with Gasteiger partial charge in [0.25, 0.3) is 0 Å². The van der Waals surface area contributed by atoms with Crippen LogP contribution in [0.1, 0.15) is 60.8 Å². The van der Waals surface area contributed by atoms with Gasteiger partial charge >= 0.3 is 0 Å². The van der Waals surface area contributed by atoms with E-state index in [0.717, 1.165) is 12.3 Å². The second-order valence-electron chi connectivity index (χ2n) is 8.13. The number of hydrogen-bond donors (Lipinski definition) is 0. The predicted octanol–water partition coefficient (Wildman–Crippen LogP) is 4.55. The molecule has 2 nitrogen and oxygen atoms in total. The Labute approximate surface area is 123 Å². The first kappa shape index (κ1) is 14.6. The lowest BCUT2D eigenvalue weighted by Gasteiger charge is -2.36. The smallest absolute Gasteiger partial charge is 0.164 e. The highest BCUT2D eigenvalue weighted by Gasteiger charge is 2.58. The molecule has 5 atom stereocenters. The number of fused-ring (bicyclic) bond motifs is 3. The Morgan fingerprint density at radius 3 is 2.55 bits per heavy atom. The molecule has 0 aromatic rings. The number of ether oxygens (including phenoxy) is 2. The maximum atomic E-state index is 6.45. The van der Waals surface area contributed by atoms with Crippen molar-refractivity contribution in [1.82, 2.24) is 0 Å². The lowest BCUT2D eigenvalue weighted by Crippen LogP contribution is -2.45. The SMILES string of the molecule is CC(C)C1=C[C@@H]2[C@H](C)CC[C@H]2[C@]2(C)OC(C)(C)O[C@@H]2C1. The van der Waals surface area contributed by atoms with Gasteiger partial charge < -0.3 is 9.47 Å². The molecule has 3 rings (SSSR count). The van der Waals surface area contributed by atoms with Crippen molar-refractivity contribution in [2.75, 3.05) is 0 Å². The van der Waals surface area contributed by atoms with Crippen LogP contribution in [0.25, 0.3) is 0 Å². The van der Waals surface area contributed by atoms with Crippen LogP contribution in [0, 0.1) is 23.7 Å². The van der Waals surface area contributed by atoms with Crippen LogP contribution in [0.4, 0.5) is 0 Å². The third-order valence-electron chi connectivity index (χ3n) is 5.89. The average molecular weight is 278 g/mol. The molecular weight excluding hydrogens is 248 g/mol. The minimum Gasteiger partial charge on any atom is -0.344 e. The molecule has 1 saturated carbocycles. The highest BCUT2D eigenvalue weighted by molar-refractivity contribution is 5.20. The fraction of sp³-hybridized carbons (Fsp3) is 0.889. The van der Waals surface area contributed by atoms with Crippen molar-refractivity contribution in [2.24, 2.45) is 23.7 Å². The summed E-state index contributed by atoms with van der Waals surface area (Å²) in [6.07, 6.45) is 6.43. The van der Waals surface area contributed by atoms with Crippen molar-refractivity contribution in [3.8, 4) is 0 Å². The highest BCUT2D eigenvalue weighted by Crippen LogP contribution is 2.55. The van der Waals surface area contributed by atoms with Gasteiger partial charge in [-0.3, -0.25) is 0 Å². The molecule has 0 unspecified atom stereocenters. The molecule has 2 fully saturated rings. The van der Waals surface area contributed by atoms with Crippen LogP contribution in [0.15, 0.2) is 11.6 Å². The highest BCUT2D eigenvalue weighted by atomic mass is 16.8. The van der Waals surface area contributed by atoms with E-state index in [4.69, 9.17) is 9.47 Å². The van der Waals surface area contributed by atoms with Gasteiger partial charge in [-0.1, -0.05) is 32.4 Å². The summed E-state index contributed by atoms with van der Waals surface area (Å²) in [5.74, 6) is 2.23. The molecule has 0 aromatic carbocycles. The van der Waals surface area contributed by atoms with Crippen LogP contribution >= 0.6 is 0 Å². The van der Waals surface area contributed by atoms with Gasteiger partial charge in [0.15, 0.2) is 5.79 Å². The summed E-state index contributed by atoms with van der Waals surface area (Å²) in [7, 11) is 0. The van der Waals surface area contributed by atoms with Gasteiger partial charge in [0.1, 0.15) is 0 Å². The van der Waals surface area contributed by atoms with E-state index in [1.54, 1.807) is 5.57 Å². The molecule has 20 heavy (non-hydrogen) atoms. The molecule has 0 radical (unpaired) electrons. The van der Waals surface area contributed by atoms with E-state index in [9.17, 15) is 0 Å². The van der Waals surface area contributed by atoms with Crippen LogP contribution < -0.4 is 0 Å². The maximum absolute atomic E-state index is 6.45. The van der Waals surface area contributed by atoms with Gasteiger partial charge in [-0.05, 0) is 63.7 Å². The molecule has 114 valence electrons. The van der Waals surface area contributed by atoms with E-state index in [-0.39, 0.29) is 11.7 Å². The molecule has 1 saturated heterocycles. The normalized spacial score (nSPS) is 46.9. The Morgan fingerprint density at radius 2 is 1.90 bits per heavy atom. The topological polar surface area (TPSA) is 18.5 Å². The van der Waals surface area contributed by atoms with Gasteiger partial charge in [-0.25, -0.2) is 0 Å². The van der Waals surface area contributed by atoms with Crippen LogP contribution in [0.3, 0.4) is 0 Å². The van der Waals surface area contributed by atoms with E-state index in [2.05, 4.69) is 47.6 Å². The van der Waals surface area contributed by atoms with Crippen LogP contribution in [-0.2, 0) is 9.47 Å². The number of hydrogen-bond acceptors (Lipinski definition) is 2. The second kappa shape index (κ2) is 4.58. The minimum absolute atomic E-state index is 0.119. The molecule has 1 aliphatic heterocycles. The maximum Gasteiger partial charge on any atom is 0.164 e. The molecule has 0 N–H and O–H groups in total. The molecule has 3 aliphatic rings. The second-order valence-corrected chi connectivity index (χ2v) is 8.13. The Kier molecular flexibility index (Phi) is 3.34. The van der Waals surface area contributed by atoms with E-state index >= 15 is 0 Å². The minimum atomic E-state index is -0.435. The zero-order valence-electron chi connectivity index (χ0n) is 13.9. The standard InChI is InChI=1S/C18H30O2/c1-11(2)13-9-14-12(3)7-8-15(14)18(6)16(10-13)19-17(4,5)20-18/h9,11-12,14-16H,7-8,10H2,1-6H3/t12-,14-,15-,16-,18+/m1/s1. The molecule has 0 bridgehead atoms. The van der Waals surface area contributed by atoms with Crippen molar-refractivity contribution in [3.05, 3.63) is 11.6 Å². The summed E-state index contributed by atoms with van der Waals surface area (Å²) in [4.78, 5) is 0. The van der Waals surface area contributed by atoms with Crippen LogP contribution in [-0.4, -0.2) is 17.5 Å². The van der Waals surface area contributed by atoms with E-state index in [1.807, 2.05) is 0 Å². The average Bonchev–Trinajstić information content (AvgIpc) is 2.74. The summed E-state index contributed by atoms with van der Waals surface area (Å²) in [5, 5.41) is 0. The molecule has 0 amide bonds. The molecule has 1 heterocycles. The number of allylic oxidation sites excluding steroid dienone is 1. The summed E-state index contributed by atoms with van der Waals surface area (Å²) >= 11 is 0. The Balaban J connectivity index is 2.01. The third kappa shape index (κ3) is 2.16. The van der Waals surface area contributed by atoms with Gasteiger partial charge in [-0.2, -0.15) is 0 Å². The molecule has 0 spiro atoms. The zero-order chi connectivity index (χ0) is 14.7. The fourth-order valence-electron chi connectivity index (χ4n) is 4.77. The zero-order valence-corrected chi connectivity index (χ0v) is 13.9. The Bertz CT molecular complexity index is 423. The first-order chi connectivity index (χ1) is 9.23. The van der Waals surface area contributed by atoms with E-state index < -0.39 is 5.79 Å². The fourth-order valence-corrected chi connectivity index (χ4v) is 4.77. The van der Waals surface area contributed by atoms with Crippen molar-refractivity contribution in [3.63, 3.8) is 0 Å².